The number of hydrogen-bond donors (Lipinski definition) is 1. The zero-order chi connectivity index (χ0) is 11.1. The van der Waals surface area contributed by atoms with Crippen molar-refractivity contribution >= 4 is 47.6 Å². The van der Waals surface area contributed by atoms with E-state index in [0.717, 1.165) is 23.0 Å². The molecule has 0 aliphatic carbocycles. The van der Waals surface area contributed by atoms with Crippen molar-refractivity contribution in [3.8, 4) is 0 Å². The van der Waals surface area contributed by atoms with Gasteiger partial charge in [-0.2, -0.15) is 12.6 Å². The van der Waals surface area contributed by atoms with E-state index in [9.17, 15) is 0 Å². The fourth-order valence-corrected chi connectivity index (χ4v) is 2.25. The van der Waals surface area contributed by atoms with E-state index in [4.69, 9.17) is 27.9 Å². The highest BCUT2D eigenvalue weighted by molar-refractivity contribution is 7.99. The van der Waals surface area contributed by atoms with Crippen molar-refractivity contribution in [3.63, 3.8) is 0 Å². The van der Waals surface area contributed by atoms with E-state index in [-0.39, 0.29) is 0 Å². The van der Waals surface area contributed by atoms with Crippen molar-refractivity contribution in [2.24, 2.45) is 0 Å². The molecule has 0 aromatic heterocycles. The highest BCUT2D eigenvalue weighted by Crippen LogP contribution is 2.27. The van der Waals surface area contributed by atoms with Crippen LogP contribution in [-0.2, 0) is 4.74 Å². The summed E-state index contributed by atoms with van der Waals surface area (Å²) in [6.45, 7) is 1.43. The second-order valence-electron chi connectivity index (χ2n) is 2.76. The molecular formula is C10H12Cl2OS2. The molecule has 5 heteroatoms. The summed E-state index contributed by atoms with van der Waals surface area (Å²) in [6, 6.07) is 5.63. The minimum absolute atomic E-state index is 0.590. The molecule has 0 saturated carbocycles. The van der Waals surface area contributed by atoms with Crippen molar-refractivity contribution in [2.75, 3.05) is 24.7 Å². The van der Waals surface area contributed by atoms with Crippen LogP contribution in [0.25, 0.3) is 0 Å². The Morgan fingerprint density at radius 3 is 2.67 bits per heavy atom. The van der Waals surface area contributed by atoms with E-state index in [2.05, 4.69) is 12.6 Å². The first-order chi connectivity index (χ1) is 7.24. The molecule has 0 atom stereocenters. The summed E-state index contributed by atoms with van der Waals surface area (Å²) in [5, 5.41) is 1.19. The van der Waals surface area contributed by atoms with Crippen molar-refractivity contribution in [2.45, 2.75) is 4.90 Å². The molecule has 1 rings (SSSR count). The molecule has 15 heavy (non-hydrogen) atoms. The number of hydrogen-bond acceptors (Lipinski definition) is 3. The van der Waals surface area contributed by atoms with E-state index in [1.165, 1.54) is 0 Å². The Morgan fingerprint density at radius 2 is 2.00 bits per heavy atom. The van der Waals surface area contributed by atoms with Crippen molar-refractivity contribution < 1.29 is 4.74 Å². The monoisotopic (exact) mass is 282 g/mol. The van der Waals surface area contributed by atoms with Crippen LogP contribution in [0.15, 0.2) is 23.1 Å². The molecule has 0 unspecified atom stereocenters. The van der Waals surface area contributed by atoms with Crippen LogP contribution in [0.4, 0.5) is 0 Å². The summed E-state index contributed by atoms with van der Waals surface area (Å²) in [5.74, 6) is 1.67. The van der Waals surface area contributed by atoms with Crippen LogP contribution >= 0.6 is 47.6 Å². The van der Waals surface area contributed by atoms with Gasteiger partial charge in [0.2, 0.25) is 0 Å². The third-order valence-corrected chi connectivity index (χ3v) is 3.50. The van der Waals surface area contributed by atoms with Crippen LogP contribution in [-0.4, -0.2) is 24.7 Å². The molecular weight excluding hydrogens is 271 g/mol. The molecule has 0 spiro atoms. The van der Waals surface area contributed by atoms with Crippen molar-refractivity contribution in [1.82, 2.24) is 0 Å². The van der Waals surface area contributed by atoms with Gasteiger partial charge in [-0.15, -0.1) is 11.8 Å². The first-order valence-corrected chi connectivity index (χ1v) is 6.88. The van der Waals surface area contributed by atoms with Gasteiger partial charge in [0.1, 0.15) is 0 Å². The van der Waals surface area contributed by atoms with Crippen LogP contribution < -0.4 is 0 Å². The predicted molar refractivity (Wildman–Crippen MR) is 71.9 cm³/mol. The van der Waals surface area contributed by atoms with E-state index in [0.29, 0.717) is 16.7 Å². The molecule has 0 radical (unpaired) electrons. The Hall–Kier alpha value is 0.460. The number of rotatable bonds is 6. The summed E-state index contributed by atoms with van der Waals surface area (Å²) < 4.78 is 5.30. The first-order valence-electron chi connectivity index (χ1n) is 4.50. The lowest BCUT2D eigenvalue weighted by molar-refractivity contribution is 0.167. The lowest BCUT2D eigenvalue weighted by Crippen LogP contribution is -1.99. The van der Waals surface area contributed by atoms with Crippen LogP contribution in [0.5, 0.6) is 0 Å². The molecule has 0 amide bonds. The average Bonchev–Trinajstić information content (AvgIpc) is 2.23. The van der Waals surface area contributed by atoms with Crippen molar-refractivity contribution in [1.29, 1.82) is 0 Å². The molecule has 0 bridgehead atoms. The third kappa shape index (κ3) is 5.36. The van der Waals surface area contributed by atoms with Crippen LogP contribution in [0.2, 0.25) is 10.0 Å². The zero-order valence-electron chi connectivity index (χ0n) is 8.08. The number of ether oxygens (including phenoxy) is 1. The average molecular weight is 283 g/mol. The smallest absolute Gasteiger partial charge is 0.0603 e. The number of thiol groups is 1. The van der Waals surface area contributed by atoms with Gasteiger partial charge in [-0.25, -0.2) is 0 Å². The minimum Gasteiger partial charge on any atom is -0.380 e. The summed E-state index contributed by atoms with van der Waals surface area (Å²) in [5.41, 5.74) is 0. The molecule has 1 nitrogen and oxygen atoms in total. The highest BCUT2D eigenvalue weighted by Gasteiger charge is 1.99. The minimum atomic E-state index is 0.590. The Labute approximate surface area is 110 Å². The molecule has 0 saturated heterocycles. The van der Waals surface area contributed by atoms with Gasteiger partial charge in [0.15, 0.2) is 0 Å². The second kappa shape index (κ2) is 7.69. The summed E-state index contributed by atoms with van der Waals surface area (Å²) in [7, 11) is 0. The maximum atomic E-state index is 5.89. The Bertz CT molecular complexity index is 307. The number of benzene rings is 1. The largest absolute Gasteiger partial charge is 0.380 e. The van der Waals surface area contributed by atoms with Crippen LogP contribution in [0.3, 0.4) is 0 Å². The molecule has 0 fully saturated rings. The molecule has 0 heterocycles. The summed E-state index contributed by atoms with van der Waals surface area (Å²) in [6.07, 6.45) is 0. The Balaban J connectivity index is 2.28. The third-order valence-electron chi connectivity index (χ3n) is 1.62. The van der Waals surface area contributed by atoms with E-state index >= 15 is 0 Å². The molecule has 0 aliphatic heterocycles. The second-order valence-corrected chi connectivity index (χ2v) is 5.19. The van der Waals surface area contributed by atoms with Gasteiger partial charge in [0.25, 0.3) is 0 Å². The molecule has 0 N–H and O–H groups in total. The zero-order valence-corrected chi connectivity index (χ0v) is 11.3. The van der Waals surface area contributed by atoms with Gasteiger partial charge in [0, 0.05) is 16.4 Å². The Morgan fingerprint density at radius 1 is 1.20 bits per heavy atom. The quantitative estimate of drug-likeness (QED) is 0.479. The summed E-state index contributed by atoms with van der Waals surface area (Å²) >= 11 is 17.5. The van der Waals surface area contributed by atoms with Crippen molar-refractivity contribution in [3.05, 3.63) is 28.2 Å². The summed E-state index contributed by atoms with van der Waals surface area (Å²) in [4.78, 5) is 1.11. The number of halogens is 2. The fraction of sp³-hybridized carbons (Fsp3) is 0.400. The van der Waals surface area contributed by atoms with Gasteiger partial charge >= 0.3 is 0 Å². The maximum Gasteiger partial charge on any atom is 0.0603 e. The lowest BCUT2D eigenvalue weighted by Gasteiger charge is -2.03. The molecule has 1 aromatic rings. The van der Waals surface area contributed by atoms with Gasteiger partial charge in [-0.05, 0) is 18.2 Å². The predicted octanol–water partition coefficient (Wildman–Crippen LogP) is 4.03. The Kier molecular flexibility index (Phi) is 6.93. The van der Waals surface area contributed by atoms with Crippen LogP contribution in [0, 0.1) is 0 Å². The molecule has 0 aliphatic rings. The topological polar surface area (TPSA) is 9.23 Å². The highest BCUT2D eigenvalue weighted by atomic mass is 35.5. The van der Waals surface area contributed by atoms with E-state index in [1.54, 1.807) is 17.8 Å². The first kappa shape index (κ1) is 13.5. The van der Waals surface area contributed by atoms with Gasteiger partial charge < -0.3 is 4.74 Å². The fourth-order valence-electron chi connectivity index (χ4n) is 0.952. The normalized spacial score (nSPS) is 10.6. The lowest BCUT2D eigenvalue weighted by atomic mass is 10.4. The molecule has 1 aromatic carbocycles. The van der Waals surface area contributed by atoms with Gasteiger partial charge in [-0.1, -0.05) is 23.2 Å². The SMILES string of the molecule is SCCOCCSc1ccc(Cl)c(Cl)c1. The van der Waals surface area contributed by atoms with Gasteiger partial charge in [-0.3, -0.25) is 0 Å². The standard InChI is InChI=1S/C10H12Cl2OS2/c11-9-2-1-8(7-10(9)12)15-6-4-13-3-5-14/h1-2,7,14H,3-6H2. The maximum absolute atomic E-state index is 5.89. The van der Waals surface area contributed by atoms with Crippen LogP contribution in [0.1, 0.15) is 0 Å². The molecule has 84 valence electrons. The van der Waals surface area contributed by atoms with Gasteiger partial charge in [0.05, 0.1) is 23.3 Å². The van der Waals surface area contributed by atoms with E-state index in [1.807, 2.05) is 12.1 Å². The number of thioether (sulfide) groups is 1. The van der Waals surface area contributed by atoms with E-state index < -0.39 is 0 Å².